The van der Waals surface area contributed by atoms with Crippen LogP contribution in [0.15, 0.2) is 35.2 Å². The lowest BCUT2D eigenvalue weighted by molar-refractivity contribution is 0.597. The van der Waals surface area contributed by atoms with Gasteiger partial charge in [0.1, 0.15) is 10.9 Å². The average Bonchev–Trinajstić information content (AvgIpc) is 2.84. The second kappa shape index (κ2) is 5.63. The molecule has 5 nitrogen and oxygen atoms in total. The first-order chi connectivity index (χ1) is 9.41. The predicted octanol–water partition coefficient (Wildman–Crippen LogP) is 2.19. The van der Waals surface area contributed by atoms with Crippen molar-refractivity contribution in [2.45, 2.75) is 18.4 Å². The first-order valence-electron chi connectivity index (χ1n) is 5.77. The third-order valence-corrected chi connectivity index (χ3v) is 4.86. The molecule has 0 unspecified atom stereocenters. The van der Waals surface area contributed by atoms with Crippen molar-refractivity contribution in [2.24, 2.45) is 5.14 Å². The Hall–Kier alpha value is -1.88. The minimum atomic E-state index is -3.72. The number of anilines is 1. The molecule has 1 aromatic heterocycles. The molecular weight excluding hydrogens is 294 g/mol. The fourth-order valence-electron chi connectivity index (χ4n) is 1.83. The number of hydrogen-bond donors (Lipinski definition) is 2. The van der Waals surface area contributed by atoms with Crippen molar-refractivity contribution in [1.29, 1.82) is 5.26 Å². The molecule has 7 heteroatoms. The van der Waals surface area contributed by atoms with E-state index in [1.807, 2.05) is 6.07 Å². The third-order valence-electron chi connectivity index (χ3n) is 2.82. The molecule has 0 radical (unpaired) electrons. The highest BCUT2D eigenvalue weighted by Crippen LogP contribution is 2.23. The average molecular weight is 307 g/mol. The molecular formula is C13H13N3O2S2. The summed E-state index contributed by atoms with van der Waals surface area (Å²) < 4.78 is 22.9. The van der Waals surface area contributed by atoms with Crippen LogP contribution < -0.4 is 10.5 Å². The summed E-state index contributed by atoms with van der Waals surface area (Å²) in [6, 6.07) is 10.6. The first kappa shape index (κ1) is 14.5. The van der Waals surface area contributed by atoms with E-state index in [-0.39, 0.29) is 4.90 Å². The molecule has 2 aromatic rings. The van der Waals surface area contributed by atoms with Gasteiger partial charge in [0, 0.05) is 17.1 Å². The molecule has 0 saturated heterocycles. The summed E-state index contributed by atoms with van der Waals surface area (Å²) in [5, 5.41) is 17.1. The first-order valence-corrected chi connectivity index (χ1v) is 8.13. The van der Waals surface area contributed by atoms with Gasteiger partial charge in [-0.2, -0.15) is 5.26 Å². The molecule has 3 N–H and O–H groups in total. The molecule has 0 aliphatic heterocycles. The van der Waals surface area contributed by atoms with E-state index in [2.05, 4.69) is 11.4 Å². The highest BCUT2D eigenvalue weighted by molar-refractivity contribution is 7.89. The number of hydrogen-bond acceptors (Lipinski definition) is 5. The van der Waals surface area contributed by atoms with Gasteiger partial charge in [0.2, 0.25) is 10.0 Å². The highest BCUT2D eigenvalue weighted by Gasteiger charge is 2.13. The Morgan fingerprint density at radius 2 is 2.10 bits per heavy atom. The summed E-state index contributed by atoms with van der Waals surface area (Å²) in [5.41, 5.74) is 1.30. The smallest absolute Gasteiger partial charge is 0.238 e. The van der Waals surface area contributed by atoms with E-state index < -0.39 is 10.0 Å². The minimum absolute atomic E-state index is 0.117. The van der Waals surface area contributed by atoms with Gasteiger partial charge in [-0.15, -0.1) is 11.3 Å². The zero-order chi connectivity index (χ0) is 14.8. The van der Waals surface area contributed by atoms with E-state index in [9.17, 15) is 8.42 Å². The van der Waals surface area contributed by atoms with Crippen LogP contribution in [0.5, 0.6) is 0 Å². The molecule has 0 atom stereocenters. The summed E-state index contributed by atoms with van der Waals surface area (Å²) in [7, 11) is -3.72. The molecule has 2 rings (SSSR count). The lowest BCUT2D eigenvalue weighted by atomic mass is 10.2. The Labute approximate surface area is 121 Å². The van der Waals surface area contributed by atoms with E-state index in [4.69, 9.17) is 10.4 Å². The van der Waals surface area contributed by atoms with E-state index >= 15 is 0 Å². The topological polar surface area (TPSA) is 96.0 Å². The number of benzene rings is 1. The van der Waals surface area contributed by atoms with Gasteiger partial charge >= 0.3 is 0 Å². The van der Waals surface area contributed by atoms with Crippen LogP contribution in [-0.4, -0.2) is 8.42 Å². The van der Waals surface area contributed by atoms with Gasteiger partial charge in [-0.3, -0.25) is 0 Å². The van der Waals surface area contributed by atoms with Crippen LogP contribution in [-0.2, 0) is 16.6 Å². The summed E-state index contributed by atoms with van der Waals surface area (Å²) in [5.74, 6) is 0. The second-order valence-corrected chi connectivity index (χ2v) is 6.90. The van der Waals surface area contributed by atoms with E-state index in [1.165, 1.54) is 17.4 Å². The molecule has 0 saturated carbocycles. The zero-order valence-electron chi connectivity index (χ0n) is 10.8. The zero-order valence-corrected chi connectivity index (χ0v) is 12.4. The molecule has 0 aliphatic carbocycles. The van der Waals surface area contributed by atoms with Crippen molar-refractivity contribution in [3.8, 4) is 6.07 Å². The standard InChI is InChI=1S/C13H13N3O2S2/c1-9-12(3-2-4-13(9)20(15,17)18)16-8-11-6-5-10(7-14)19-11/h2-6,16H,8H2,1H3,(H2,15,17,18). The Bertz CT molecular complexity index is 773. The number of rotatable bonds is 4. The number of nitrogens with zero attached hydrogens (tertiary/aromatic N) is 1. The molecule has 1 aromatic carbocycles. The highest BCUT2D eigenvalue weighted by atomic mass is 32.2. The van der Waals surface area contributed by atoms with Crippen LogP contribution in [0, 0.1) is 18.3 Å². The summed E-state index contributed by atoms with van der Waals surface area (Å²) in [6.45, 7) is 2.23. The van der Waals surface area contributed by atoms with Gasteiger partial charge in [0.25, 0.3) is 0 Å². The fourth-order valence-corrected chi connectivity index (χ4v) is 3.38. The lowest BCUT2D eigenvalue weighted by Crippen LogP contribution is -2.14. The summed E-state index contributed by atoms with van der Waals surface area (Å²) in [6.07, 6.45) is 0. The van der Waals surface area contributed by atoms with Gasteiger partial charge in [-0.25, -0.2) is 13.6 Å². The second-order valence-electron chi connectivity index (χ2n) is 4.21. The molecule has 104 valence electrons. The molecule has 20 heavy (non-hydrogen) atoms. The van der Waals surface area contributed by atoms with Crippen LogP contribution in [0.1, 0.15) is 15.3 Å². The predicted molar refractivity (Wildman–Crippen MR) is 78.9 cm³/mol. The maximum atomic E-state index is 11.4. The van der Waals surface area contributed by atoms with Gasteiger partial charge in [0.15, 0.2) is 0 Å². The van der Waals surface area contributed by atoms with Crippen LogP contribution in [0.3, 0.4) is 0 Å². The van der Waals surface area contributed by atoms with Crippen molar-refractivity contribution in [2.75, 3.05) is 5.32 Å². The van der Waals surface area contributed by atoms with Crippen LogP contribution >= 0.6 is 11.3 Å². The van der Waals surface area contributed by atoms with Crippen LogP contribution in [0.2, 0.25) is 0 Å². The lowest BCUT2D eigenvalue weighted by Gasteiger charge is -2.11. The molecule has 0 bridgehead atoms. The molecule has 0 aliphatic rings. The largest absolute Gasteiger partial charge is 0.380 e. The number of thiophene rings is 1. The van der Waals surface area contributed by atoms with Gasteiger partial charge in [-0.1, -0.05) is 6.07 Å². The van der Waals surface area contributed by atoms with E-state index in [0.29, 0.717) is 22.7 Å². The SMILES string of the molecule is Cc1c(NCc2ccc(C#N)s2)cccc1S(N)(=O)=O. The van der Waals surface area contributed by atoms with Crippen molar-refractivity contribution in [3.63, 3.8) is 0 Å². The Morgan fingerprint density at radius 1 is 1.35 bits per heavy atom. The maximum Gasteiger partial charge on any atom is 0.238 e. The van der Waals surface area contributed by atoms with Crippen molar-refractivity contribution in [1.82, 2.24) is 0 Å². The Kier molecular flexibility index (Phi) is 4.09. The van der Waals surface area contributed by atoms with Crippen molar-refractivity contribution < 1.29 is 8.42 Å². The van der Waals surface area contributed by atoms with Crippen molar-refractivity contribution in [3.05, 3.63) is 45.6 Å². The summed E-state index contributed by atoms with van der Waals surface area (Å²) >= 11 is 1.40. The van der Waals surface area contributed by atoms with Gasteiger partial charge in [0.05, 0.1) is 4.90 Å². The summed E-state index contributed by atoms with van der Waals surface area (Å²) in [4.78, 5) is 1.77. The third kappa shape index (κ3) is 3.17. The van der Waals surface area contributed by atoms with Gasteiger partial charge < -0.3 is 5.32 Å². The van der Waals surface area contributed by atoms with E-state index in [1.54, 1.807) is 25.1 Å². The normalized spacial score (nSPS) is 11.1. The van der Waals surface area contributed by atoms with Crippen molar-refractivity contribution >= 4 is 27.0 Å². The Balaban J connectivity index is 2.20. The van der Waals surface area contributed by atoms with Crippen LogP contribution in [0.25, 0.3) is 0 Å². The molecule has 0 amide bonds. The molecule has 0 fully saturated rings. The number of nitrogens with one attached hydrogen (secondary N) is 1. The number of sulfonamides is 1. The van der Waals surface area contributed by atoms with Crippen LogP contribution in [0.4, 0.5) is 5.69 Å². The number of primary sulfonamides is 1. The van der Waals surface area contributed by atoms with Gasteiger partial charge in [-0.05, 0) is 36.8 Å². The fraction of sp³-hybridized carbons (Fsp3) is 0.154. The molecule has 1 heterocycles. The minimum Gasteiger partial charge on any atom is -0.380 e. The van der Waals surface area contributed by atoms with E-state index in [0.717, 1.165) is 4.88 Å². The maximum absolute atomic E-state index is 11.4. The monoisotopic (exact) mass is 307 g/mol. The quantitative estimate of drug-likeness (QED) is 0.905. The number of nitrogens with two attached hydrogens (primary N) is 1. The molecule has 0 spiro atoms. The number of nitriles is 1. The Morgan fingerprint density at radius 3 is 2.70 bits per heavy atom.